The van der Waals surface area contributed by atoms with Gasteiger partial charge in [0.05, 0.1) is 16.8 Å². The minimum atomic E-state index is -0.612. The third kappa shape index (κ3) is 1.92. The number of nitrogens with one attached hydrogen (secondary N) is 1. The van der Waals surface area contributed by atoms with Crippen molar-refractivity contribution >= 4 is 29.2 Å². The van der Waals surface area contributed by atoms with Gasteiger partial charge in [-0.15, -0.1) is 0 Å². The number of fused-ring (bicyclic) bond motifs is 1. The summed E-state index contributed by atoms with van der Waals surface area (Å²) in [4.78, 5) is 35.6. The van der Waals surface area contributed by atoms with Crippen molar-refractivity contribution in [1.29, 1.82) is 0 Å². The van der Waals surface area contributed by atoms with Gasteiger partial charge in [-0.1, -0.05) is 11.6 Å². The third-order valence-corrected chi connectivity index (χ3v) is 3.59. The summed E-state index contributed by atoms with van der Waals surface area (Å²) in [5.41, 5.74) is 6.72. The number of aromatic nitrogens is 1. The largest absolute Gasteiger partial charge is 0.384 e. The van der Waals surface area contributed by atoms with E-state index in [0.29, 0.717) is 10.7 Å². The van der Waals surface area contributed by atoms with Gasteiger partial charge in [0, 0.05) is 11.1 Å². The number of pyridine rings is 1. The number of rotatable bonds is 1. The molecule has 3 rings (SSSR count). The predicted octanol–water partition coefficient (Wildman–Crippen LogP) is 1.27. The minimum Gasteiger partial charge on any atom is -0.384 e. The predicted molar refractivity (Wildman–Crippen MR) is 78.0 cm³/mol. The van der Waals surface area contributed by atoms with Gasteiger partial charge < -0.3 is 5.73 Å². The average molecular weight is 304 g/mol. The number of carbonyl (C=O) groups excluding carboxylic acids is 2. The molecule has 0 fully saturated rings. The SMILES string of the molecule is Cc1cc(Cl)ccc1-n1c(N)c2c(cc1=O)C(=O)NC2=O. The number of nitrogens with zero attached hydrogens (tertiary/aromatic N) is 1. The Bertz CT molecular complexity index is 870. The topological polar surface area (TPSA) is 94.2 Å². The molecule has 106 valence electrons. The van der Waals surface area contributed by atoms with E-state index in [4.69, 9.17) is 17.3 Å². The van der Waals surface area contributed by atoms with Crippen LogP contribution < -0.4 is 16.6 Å². The molecule has 0 spiro atoms. The summed E-state index contributed by atoms with van der Waals surface area (Å²) in [7, 11) is 0. The first kappa shape index (κ1) is 13.4. The Morgan fingerprint density at radius 3 is 2.52 bits per heavy atom. The number of anilines is 1. The van der Waals surface area contributed by atoms with Crippen molar-refractivity contribution in [3.05, 3.63) is 56.3 Å². The number of hydrogen-bond donors (Lipinski definition) is 2. The van der Waals surface area contributed by atoms with Gasteiger partial charge in [-0.3, -0.25) is 24.3 Å². The molecule has 0 unspecified atom stereocenters. The van der Waals surface area contributed by atoms with Gasteiger partial charge in [-0.2, -0.15) is 0 Å². The minimum absolute atomic E-state index is 0.00497. The van der Waals surface area contributed by atoms with E-state index in [1.807, 2.05) is 0 Å². The van der Waals surface area contributed by atoms with E-state index in [2.05, 4.69) is 5.32 Å². The van der Waals surface area contributed by atoms with Crippen molar-refractivity contribution in [3.63, 3.8) is 0 Å². The number of amides is 2. The van der Waals surface area contributed by atoms with E-state index in [-0.39, 0.29) is 16.9 Å². The van der Waals surface area contributed by atoms with Crippen molar-refractivity contribution in [1.82, 2.24) is 9.88 Å². The number of benzene rings is 1. The van der Waals surface area contributed by atoms with Crippen LogP contribution in [0.5, 0.6) is 0 Å². The lowest BCUT2D eigenvalue weighted by atomic mass is 10.1. The molecule has 0 aliphatic carbocycles. The highest BCUT2D eigenvalue weighted by atomic mass is 35.5. The molecule has 2 aromatic rings. The lowest BCUT2D eigenvalue weighted by Crippen LogP contribution is -2.24. The Morgan fingerprint density at radius 1 is 1.14 bits per heavy atom. The van der Waals surface area contributed by atoms with Gasteiger partial charge in [-0.25, -0.2) is 0 Å². The number of nitrogen functional groups attached to an aromatic ring is 1. The first-order chi connectivity index (χ1) is 9.90. The Labute approximate surface area is 124 Å². The number of halogens is 1. The monoisotopic (exact) mass is 303 g/mol. The standard InChI is InChI=1S/C14H10ClN3O3/c1-6-4-7(15)2-3-9(6)18-10(19)5-8-11(12(18)16)14(21)17-13(8)20/h2-5H,16H2,1H3,(H,17,20,21). The van der Waals surface area contributed by atoms with Crippen LogP contribution in [0.15, 0.2) is 29.1 Å². The zero-order chi connectivity index (χ0) is 15.3. The maximum absolute atomic E-state index is 12.2. The maximum atomic E-state index is 12.2. The van der Waals surface area contributed by atoms with E-state index in [0.717, 1.165) is 11.6 Å². The normalized spacial score (nSPS) is 13.2. The van der Waals surface area contributed by atoms with Gasteiger partial charge in [0.1, 0.15) is 5.82 Å². The molecular weight excluding hydrogens is 294 g/mol. The lowest BCUT2D eigenvalue weighted by molar-refractivity contribution is 0.0880. The zero-order valence-electron chi connectivity index (χ0n) is 10.9. The van der Waals surface area contributed by atoms with Gasteiger partial charge >= 0.3 is 0 Å². The number of nitrogens with two attached hydrogens (primary N) is 1. The number of hydrogen-bond acceptors (Lipinski definition) is 4. The Hall–Kier alpha value is -2.60. The fraction of sp³-hybridized carbons (Fsp3) is 0.0714. The highest BCUT2D eigenvalue weighted by Gasteiger charge is 2.31. The summed E-state index contributed by atoms with van der Waals surface area (Å²) >= 11 is 5.89. The molecule has 1 aromatic heterocycles. The second-order valence-electron chi connectivity index (χ2n) is 4.71. The van der Waals surface area contributed by atoms with Crippen molar-refractivity contribution < 1.29 is 9.59 Å². The van der Waals surface area contributed by atoms with Gasteiger partial charge in [0.2, 0.25) is 0 Å². The summed E-state index contributed by atoms with van der Waals surface area (Å²) in [5.74, 6) is -1.28. The molecule has 0 radical (unpaired) electrons. The molecule has 0 saturated heterocycles. The molecular formula is C14H10ClN3O3. The first-order valence-corrected chi connectivity index (χ1v) is 6.45. The fourth-order valence-electron chi connectivity index (χ4n) is 2.40. The molecule has 1 aromatic carbocycles. The van der Waals surface area contributed by atoms with Crippen LogP contribution in [-0.4, -0.2) is 16.4 Å². The van der Waals surface area contributed by atoms with E-state index < -0.39 is 17.4 Å². The van der Waals surface area contributed by atoms with Crippen LogP contribution in [0.2, 0.25) is 5.02 Å². The first-order valence-electron chi connectivity index (χ1n) is 6.08. The molecule has 0 saturated carbocycles. The van der Waals surface area contributed by atoms with E-state index in [1.54, 1.807) is 25.1 Å². The third-order valence-electron chi connectivity index (χ3n) is 3.35. The van der Waals surface area contributed by atoms with Gasteiger partial charge in [-0.05, 0) is 30.7 Å². The Kier molecular flexibility index (Phi) is 2.84. The summed E-state index contributed by atoms with van der Waals surface area (Å²) in [5, 5.41) is 2.65. The smallest absolute Gasteiger partial charge is 0.262 e. The van der Waals surface area contributed by atoms with E-state index >= 15 is 0 Å². The van der Waals surface area contributed by atoms with Crippen molar-refractivity contribution in [3.8, 4) is 5.69 Å². The van der Waals surface area contributed by atoms with E-state index in [9.17, 15) is 14.4 Å². The summed E-state index contributed by atoms with van der Waals surface area (Å²) in [6, 6.07) is 6.05. The van der Waals surface area contributed by atoms with Crippen LogP contribution in [0.25, 0.3) is 5.69 Å². The second-order valence-corrected chi connectivity index (χ2v) is 5.14. The fourth-order valence-corrected chi connectivity index (χ4v) is 2.62. The summed E-state index contributed by atoms with van der Waals surface area (Å²) in [6.45, 7) is 1.77. The number of carbonyl (C=O) groups is 2. The van der Waals surface area contributed by atoms with Crippen LogP contribution in [0, 0.1) is 6.92 Å². The van der Waals surface area contributed by atoms with Gasteiger partial charge in [0.25, 0.3) is 17.4 Å². The molecule has 1 aliphatic rings. The van der Waals surface area contributed by atoms with Crippen LogP contribution in [-0.2, 0) is 0 Å². The summed E-state index contributed by atoms with van der Waals surface area (Å²) < 4.78 is 1.20. The molecule has 3 N–H and O–H groups in total. The summed E-state index contributed by atoms with van der Waals surface area (Å²) in [6.07, 6.45) is 0. The van der Waals surface area contributed by atoms with E-state index in [1.165, 1.54) is 4.57 Å². The van der Waals surface area contributed by atoms with Crippen LogP contribution >= 0.6 is 11.6 Å². The quantitative estimate of drug-likeness (QED) is 0.776. The second kappa shape index (κ2) is 4.46. The lowest BCUT2D eigenvalue weighted by Gasteiger charge is -2.14. The van der Waals surface area contributed by atoms with Crippen LogP contribution in [0.1, 0.15) is 26.3 Å². The van der Waals surface area contributed by atoms with Crippen LogP contribution in [0.3, 0.4) is 0 Å². The van der Waals surface area contributed by atoms with Crippen molar-refractivity contribution in [2.24, 2.45) is 0 Å². The molecule has 1 aliphatic heterocycles. The van der Waals surface area contributed by atoms with Crippen molar-refractivity contribution in [2.45, 2.75) is 6.92 Å². The molecule has 7 heteroatoms. The highest BCUT2D eigenvalue weighted by molar-refractivity contribution is 6.30. The molecule has 6 nitrogen and oxygen atoms in total. The highest BCUT2D eigenvalue weighted by Crippen LogP contribution is 2.25. The van der Waals surface area contributed by atoms with Crippen molar-refractivity contribution in [2.75, 3.05) is 5.73 Å². The van der Waals surface area contributed by atoms with Gasteiger partial charge in [0.15, 0.2) is 0 Å². The van der Waals surface area contributed by atoms with Crippen LogP contribution in [0.4, 0.5) is 5.82 Å². The molecule has 2 heterocycles. The molecule has 0 atom stereocenters. The number of aryl methyl sites for hydroxylation is 1. The average Bonchev–Trinajstić information content (AvgIpc) is 2.67. The Balaban J connectivity index is 2.35. The maximum Gasteiger partial charge on any atom is 0.262 e. The molecule has 0 bridgehead atoms. The molecule has 2 amide bonds. The molecule has 21 heavy (non-hydrogen) atoms. The zero-order valence-corrected chi connectivity index (χ0v) is 11.7. The Morgan fingerprint density at radius 2 is 1.86 bits per heavy atom. The number of imide groups is 1.